The van der Waals surface area contributed by atoms with Gasteiger partial charge >= 0.3 is 0 Å². The number of piperazine rings is 1. The van der Waals surface area contributed by atoms with Crippen molar-refractivity contribution in [1.82, 2.24) is 9.80 Å². The van der Waals surface area contributed by atoms with Gasteiger partial charge < -0.3 is 0 Å². The van der Waals surface area contributed by atoms with Crippen LogP contribution < -0.4 is 0 Å². The minimum atomic E-state index is -0.690. The molecule has 1 fully saturated rings. The van der Waals surface area contributed by atoms with Crippen molar-refractivity contribution in [3.63, 3.8) is 0 Å². The fraction of sp³-hybridized carbons (Fsp3) is 0.667. The Labute approximate surface area is 96.6 Å². The zero-order valence-electron chi connectivity index (χ0n) is 9.90. The van der Waals surface area contributed by atoms with Gasteiger partial charge in [0.1, 0.15) is 0 Å². The molecule has 0 unspecified atom stereocenters. The van der Waals surface area contributed by atoms with Crippen LogP contribution in [0.15, 0.2) is 0 Å². The maximum absolute atomic E-state index is 11.5. The fourth-order valence-electron chi connectivity index (χ4n) is 1.89. The van der Waals surface area contributed by atoms with E-state index in [0.717, 1.165) is 26.2 Å². The summed E-state index contributed by atoms with van der Waals surface area (Å²) in [6.45, 7) is 7.47. The highest BCUT2D eigenvalue weighted by molar-refractivity contribution is 6.29. The van der Waals surface area contributed by atoms with E-state index in [1.54, 1.807) is 13.8 Å². The molecule has 1 aliphatic heterocycles. The summed E-state index contributed by atoms with van der Waals surface area (Å²) in [6.07, 6.45) is 5.65. The van der Waals surface area contributed by atoms with E-state index < -0.39 is 5.54 Å². The van der Waals surface area contributed by atoms with E-state index in [4.69, 9.17) is 6.42 Å². The van der Waals surface area contributed by atoms with E-state index in [-0.39, 0.29) is 5.78 Å². The molecular formula is C12H18N2O2. The Hall–Kier alpha value is -1.18. The number of aldehydes is 1. The van der Waals surface area contributed by atoms with Crippen LogP contribution in [-0.2, 0) is 9.59 Å². The van der Waals surface area contributed by atoms with Gasteiger partial charge in [0.25, 0.3) is 0 Å². The van der Waals surface area contributed by atoms with Gasteiger partial charge in [-0.05, 0) is 13.8 Å². The maximum Gasteiger partial charge on any atom is 0.214 e. The molecule has 0 amide bonds. The molecule has 0 atom stereocenters. The molecule has 1 rings (SSSR count). The molecule has 0 aromatic heterocycles. The molecule has 16 heavy (non-hydrogen) atoms. The topological polar surface area (TPSA) is 40.6 Å². The molecule has 1 aliphatic rings. The molecule has 0 aromatic carbocycles. The van der Waals surface area contributed by atoms with Crippen LogP contribution in [0.2, 0.25) is 0 Å². The molecule has 0 spiro atoms. The Morgan fingerprint density at radius 1 is 1.38 bits per heavy atom. The molecule has 88 valence electrons. The molecule has 0 saturated carbocycles. The highest BCUT2D eigenvalue weighted by Gasteiger charge is 2.35. The SMILES string of the molecule is C#CCN1CCN(C(C)(C)C(=O)C=O)CC1. The lowest BCUT2D eigenvalue weighted by atomic mass is 9.96. The van der Waals surface area contributed by atoms with Crippen molar-refractivity contribution in [3.05, 3.63) is 0 Å². The van der Waals surface area contributed by atoms with E-state index in [1.807, 2.05) is 4.90 Å². The second kappa shape index (κ2) is 5.24. The quantitative estimate of drug-likeness (QED) is 0.375. The summed E-state index contributed by atoms with van der Waals surface area (Å²) in [5.41, 5.74) is -0.690. The summed E-state index contributed by atoms with van der Waals surface area (Å²) in [4.78, 5) is 26.2. The lowest BCUT2D eigenvalue weighted by molar-refractivity contribution is -0.138. The highest BCUT2D eigenvalue weighted by Crippen LogP contribution is 2.17. The summed E-state index contributed by atoms with van der Waals surface area (Å²) >= 11 is 0. The third-order valence-corrected chi connectivity index (χ3v) is 3.19. The van der Waals surface area contributed by atoms with Crippen molar-refractivity contribution in [1.29, 1.82) is 0 Å². The summed E-state index contributed by atoms with van der Waals surface area (Å²) in [5.74, 6) is 2.25. The van der Waals surface area contributed by atoms with Crippen LogP contribution >= 0.6 is 0 Å². The monoisotopic (exact) mass is 222 g/mol. The van der Waals surface area contributed by atoms with Gasteiger partial charge in [-0.15, -0.1) is 6.42 Å². The molecule has 0 aliphatic carbocycles. The normalized spacial score (nSPS) is 19.1. The number of carbonyl (C=O) groups is 2. The van der Waals surface area contributed by atoms with Gasteiger partial charge in [-0.3, -0.25) is 19.4 Å². The first-order valence-electron chi connectivity index (χ1n) is 5.43. The number of hydrogen-bond donors (Lipinski definition) is 0. The Balaban J connectivity index is 2.56. The lowest BCUT2D eigenvalue weighted by Crippen LogP contribution is -2.58. The first kappa shape index (κ1) is 12.9. The average molecular weight is 222 g/mol. The first-order valence-corrected chi connectivity index (χ1v) is 5.43. The number of nitrogens with zero attached hydrogens (tertiary/aromatic N) is 2. The third kappa shape index (κ3) is 2.69. The molecule has 0 radical (unpaired) electrons. The molecule has 4 heteroatoms. The second-order valence-electron chi connectivity index (χ2n) is 4.51. The number of carbonyl (C=O) groups excluding carboxylic acids is 2. The lowest BCUT2D eigenvalue weighted by Gasteiger charge is -2.41. The summed E-state index contributed by atoms with van der Waals surface area (Å²) in [7, 11) is 0. The molecule has 1 saturated heterocycles. The molecule has 0 aromatic rings. The zero-order chi connectivity index (χ0) is 12.2. The second-order valence-corrected chi connectivity index (χ2v) is 4.51. The minimum absolute atomic E-state index is 0.363. The largest absolute Gasteiger partial charge is 0.295 e. The minimum Gasteiger partial charge on any atom is -0.295 e. The van der Waals surface area contributed by atoms with Crippen LogP contribution in [-0.4, -0.2) is 60.1 Å². The van der Waals surface area contributed by atoms with Crippen molar-refractivity contribution in [2.75, 3.05) is 32.7 Å². The summed E-state index contributed by atoms with van der Waals surface area (Å²) < 4.78 is 0. The highest BCUT2D eigenvalue weighted by atomic mass is 16.2. The molecule has 4 nitrogen and oxygen atoms in total. The zero-order valence-corrected chi connectivity index (χ0v) is 9.90. The summed E-state index contributed by atoms with van der Waals surface area (Å²) in [6, 6.07) is 0. The van der Waals surface area contributed by atoms with E-state index in [0.29, 0.717) is 12.8 Å². The van der Waals surface area contributed by atoms with E-state index in [9.17, 15) is 9.59 Å². The van der Waals surface area contributed by atoms with Gasteiger partial charge in [0.15, 0.2) is 6.29 Å². The van der Waals surface area contributed by atoms with Gasteiger partial charge in [-0.25, -0.2) is 0 Å². The Kier molecular flexibility index (Phi) is 4.22. The Bertz CT molecular complexity index is 309. The standard InChI is InChI=1S/C12H18N2O2/c1-4-5-13-6-8-14(9-7-13)12(2,3)11(16)10-15/h1,10H,5-9H2,2-3H3. The van der Waals surface area contributed by atoms with Crippen molar-refractivity contribution in [2.24, 2.45) is 0 Å². The van der Waals surface area contributed by atoms with Crippen molar-refractivity contribution >= 4 is 12.1 Å². The van der Waals surface area contributed by atoms with E-state index >= 15 is 0 Å². The van der Waals surface area contributed by atoms with Crippen molar-refractivity contribution < 1.29 is 9.59 Å². The van der Waals surface area contributed by atoms with Gasteiger partial charge in [0, 0.05) is 26.2 Å². The Morgan fingerprint density at radius 2 is 1.94 bits per heavy atom. The van der Waals surface area contributed by atoms with Crippen LogP contribution in [0.25, 0.3) is 0 Å². The first-order chi connectivity index (χ1) is 7.52. The maximum atomic E-state index is 11.5. The number of hydrogen-bond acceptors (Lipinski definition) is 4. The Morgan fingerprint density at radius 3 is 2.38 bits per heavy atom. The smallest absolute Gasteiger partial charge is 0.214 e. The predicted octanol–water partition coefficient (Wildman–Crippen LogP) is -0.216. The van der Waals surface area contributed by atoms with Gasteiger partial charge in [-0.1, -0.05) is 5.92 Å². The van der Waals surface area contributed by atoms with Crippen molar-refractivity contribution in [2.45, 2.75) is 19.4 Å². The van der Waals surface area contributed by atoms with E-state index in [1.165, 1.54) is 0 Å². The van der Waals surface area contributed by atoms with E-state index in [2.05, 4.69) is 10.8 Å². The third-order valence-electron chi connectivity index (χ3n) is 3.19. The van der Waals surface area contributed by atoms with Gasteiger partial charge in [0.2, 0.25) is 5.78 Å². The molecule has 1 heterocycles. The molecule has 0 N–H and O–H groups in total. The number of ketones is 1. The summed E-state index contributed by atoms with van der Waals surface area (Å²) in [5, 5.41) is 0. The molecule has 0 bridgehead atoms. The van der Waals surface area contributed by atoms with Crippen LogP contribution in [0.4, 0.5) is 0 Å². The van der Waals surface area contributed by atoms with Crippen molar-refractivity contribution in [3.8, 4) is 12.3 Å². The predicted molar refractivity (Wildman–Crippen MR) is 62.0 cm³/mol. The molecular weight excluding hydrogens is 204 g/mol. The van der Waals surface area contributed by atoms with Crippen LogP contribution in [0.1, 0.15) is 13.8 Å². The van der Waals surface area contributed by atoms with Crippen LogP contribution in [0.5, 0.6) is 0 Å². The number of terminal acetylenes is 1. The number of Topliss-reactive ketones (excluding diaryl/α,β-unsaturated/α-hetero) is 1. The average Bonchev–Trinajstić information content (AvgIpc) is 2.29. The van der Waals surface area contributed by atoms with Gasteiger partial charge in [0.05, 0.1) is 12.1 Å². The van der Waals surface area contributed by atoms with Gasteiger partial charge in [-0.2, -0.15) is 0 Å². The van der Waals surface area contributed by atoms with Crippen LogP contribution in [0.3, 0.4) is 0 Å². The fourth-order valence-corrected chi connectivity index (χ4v) is 1.89. The number of rotatable bonds is 4. The van der Waals surface area contributed by atoms with Crippen LogP contribution in [0, 0.1) is 12.3 Å².